The summed E-state index contributed by atoms with van der Waals surface area (Å²) in [6, 6.07) is 6.69. The molecule has 2 unspecified atom stereocenters. The normalized spacial score (nSPS) is 24.3. The fourth-order valence-electron chi connectivity index (χ4n) is 2.96. The van der Waals surface area contributed by atoms with Crippen LogP contribution in [0.4, 0.5) is 5.69 Å². The Morgan fingerprint density at radius 2 is 1.94 bits per heavy atom. The van der Waals surface area contributed by atoms with E-state index in [4.69, 9.17) is 5.73 Å². The van der Waals surface area contributed by atoms with E-state index in [1.165, 1.54) is 35.2 Å². The largest absolute Gasteiger partial charge is 0.371 e. The van der Waals surface area contributed by atoms with Crippen LogP contribution in [0.15, 0.2) is 22.7 Å². The molecule has 1 aliphatic rings. The molecule has 1 saturated heterocycles. The number of piperidine rings is 1. The Morgan fingerprint density at radius 3 is 2.50 bits per heavy atom. The van der Waals surface area contributed by atoms with Crippen molar-refractivity contribution in [2.75, 3.05) is 24.5 Å². The van der Waals surface area contributed by atoms with Crippen LogP contribution in [0.5, 0.6) is 0 Å². The Morgan fingerprint density at radius 1 is 1.28 bits per heavy atom. The molecule has 0 bridgehead atoms. The first-order chi connectivity index (χ1) is 8.60. The van der Waals surface area contributed by atoms with Gasteiger partial charge in [-0.2, -0.15) is 0 Å². The highest BCUT2D eigenvalue weighted by atomic mass is 79.9. The van der Waals surface area contributed by atoms with Crippen molar-refractivity contribution in [1.29, 1.82) is 0 Å². The lowest BCUT2D eigenvalue weighted by Crippen LogP contribution is -2.38. The SMILES string of the molecule is CC1CC(C)CN(c2ccc(CCN)c(Br)c2)C1. The molecule has 18 heavy (non-hydrogen) atoms. The van der Waals surface area contributed by atoms with Crippen molar-refractivity contribution in [3.63, 3.8) is 0 Å². The third-order valence-electron chi connectivity index (χ3n) is 3.68. The van der Waals surface area contributed by atoms with Gasteiger partial charge in [-0.15, -0.1) is 0 Å². The number of benzene rings is 1. The lowest BCUT2D eigenvalue weighted by Gasteiger charge is -2.36. The fourth-order valence-corrected chi connectivity index (χ4v) is 3.53. The Balaban J connectivity index is 2.15. The van der Waals surface area contributed by atoms with Gasteiger partial charge in [0, 0.05) is 23.2 Å². The fraction of sp³-hybridized carbons (Fsp3) is 0.600. The number of rotatable bonds is 3. The third-order valence-corrected chi connectivity index (χ3v) is 4.42. The predicted octanol–water partition coefficient (Wildman–Crippen LogP) is 3.43. The van der Waals surface area contributed by atoms with Crippen molar-refractivity contribution in [3.05, 3.63) is 28.2 Å². The van der Waals surface area contributed by atoms with Crippen molar-refractivity contribution in [1.82, 2.24) is 0 Å². The molecule has 3 heteroatoms. The standard InChI is InChI=1S/C15H23BrN2/c1-11-7-12(2)10-18(9-11)14-4-3-13(5-6-17)15(16)8-14/h3-4,8,11-12H,5-7,9-10,17H2,1-2H3. The van der Waals surface area contributed by atoms with Crippen LogP contribution in [0, 0.1) is 11.8 Å². The molecule has 0 radical (unpaired) electrons. The molecule has 100 valence electrons. The number of hydrogen-bond donors (Lipinski definition) is 1. The van der Waals surface area contributed by atoms with Gasteiger partial charge < -0.3 is 10.6 Å². The van der Waals surface area contributed by atoms with Crippen molar-refractivity contribution in [3.8, 4) is 0 Å². The van der Waals surface area contributed by atoms with Crippen LogP contribution >= 0.6 is 15.9 Å². The van der Waals surface area contributed by atoms with Crippen molar-refractivity contribution < 1.29 is 0 Å². The maximum atomic E-state index is 5.62. The topological polar surface area (TPSA) is 29.3 Å². The molecule has 1 aromatic rings. The summed E-state index contributed by atoms with van der Waals surface area (Å²) in [5, 5.41) is 0. The second kappa shape index (κ2) is 6.07. The van der Waals surface area contributed by atoms with Gasteiger partial charge in [0.1, 0.15) is 0 Å². The average molecular weight is 311 g/mol. The van der Waals surface area contributed by atoms with E-state index >= 15 is 0 Å². The first-order valence-corrected chi connectivity index (χ1v) is 7.63. The van der Waals surface area contributed by atoms with E-state index in [1.54, 1.807) is 0 Å². The minimum atomic E-state index is 0.704. The van der Waals surface area contributed by atoms with E-state index in [0.29, 0.717) is 6.54 Å². The highest BCUT2D eigenvalue weighted by Gasteiger charge is 2.22. The average Bonchev–Trinajstić information content (AvgIpc) is 2.30. The summed E-state index contributed by atoms with van der Waals surface area (Å²) in [4.78, 5) is 2.51. The molecule has 0 aliphatic carbocycles. The Bertz CT molecular complexity index is 395. The minimum Gasteiger partial charge on any atom is -0.371 e. The monoisotopic (exact) mass is 310 g/mol. The molecule has 0 saturated carbocycles. The summed E-state index contributed by atoms with van der Waals surface area (Å²) in [5.41, 5.74) is 8.25. The number of nitrogens with two attached hydrogens (primary N) is 1. The highest BCUT2D eigenvalue weighted by Crippen LogP contribution is 2.29. The molecule has 2 N–H and O–H groups in total. The second-order valence-corrected chi connectivity index (χ2v) is 6.52. The van der Waals surface area contributed by atoms with Gasteiger partial charge in [-0.25, -0.2) is 0 Å². The Hall–Kier alpha value is -0.540. The zero-order valence-electron chi connectivity index (χ0n) is 11.3. The van der Waals surface area contributed by atoms with Crippen molar-refractivity contribution in [2.24, 2.45) is 17.6 Å². The van der Waals surface area contributed by atoms with Gasteiger partial charge in [0.25, 0.3) is 0 Å². The quantitative estimate of drug-likeness (QED) is 0.926. The first-order valence-electron chi connectivity index (χ1n) is 6.83. The Labute approximate surface area is 119 Å². The zero-order valence-corrected chi connectivity index (χ0v) is 12.9. The second-order valence-electron chi connectivity index (χ2n) is 5.67. The molecule has 2 atom stereocenters. The molecular formula is C15H23BrN2. The van der Waals surface area contributed by atoms with Crippen LogP contribution < -0.4 is 10.6 Å². The molecule has 2 nitrogen and oxygen atoms in total. The van der Waals surface area contributed by atoms with Crippen LogP contribution in [0.25, 0.3) is 0 Å². The van der Waals surface area contributed by atoms with Gasteiger partial charge in [0.15, 0.2) is 0 Å². The molecule has 2 rings (SSSR count). The summed E-state index contributed by atoms with van der Waals surface area (Å²) in [6.45, 7) is 7.75. The number of nitrogens with zero attached hydrogens (tertiary/aromatic N) is 1. The molecule has 1 heterocycles. The van der Waals surface area contributed by atoms with Crippen LogP contribution in [0.1, 0.15) is 25.8 Å². The highest BCUT2D eigenvalue weighted by molar-refractivity contribution is 9.10. The van der Waals surface area contributed by atoms with Gasteiger partial charge >= 0.3 is 0 Å². The van der Waals surface area contributed by atoms with Gasteiger partial charge in [-0.3, -0.25) is 0 Å². The molecule has 0 spiro atoms. The lowest BCUT2D eigenvalue weighted by atomic mass is 9.91. The van der Waals surface area contributed by atoms with Crippen LogP contribution in [-0.2, 0) is 6.42 Å². The molecular weight excluding hydrogens is 288 g/mol. The predicted molar refractivity (Wildman–Crippen MR) is 82.1 cm³/mol. The van der Waals surface area contributed by atoms with Crippen molar-refractivity contribution >= 4 is 21.6 Å². The number of hydrogen-bond acceptors (Lipinski definition) is 2. The third kappa shape index (κ3) is 3.27. The number of anilines is 1. The van der Waals surface area contributed by atoms with E-state index in [-0.39, 0.29) is 0 Å². The van der Waals surface area contributed by atoms with Crippen LogP contribution in [0.2, 0.25) is 0 Å². The molecule has 0 aromatic heterocycles. The summed E-state index contributed by atoms with van der Waals surface area (Å²) >= 11 is 3.66. The van der Waals surface area contributed by atoms with Gasteiger partial charge in [0.05, 0.1) is 0 Å². The smallest absolute Gasteiger partial charge is 0.0377 e. The maximum Gasteiger partial charge on any atom is 0.0377 e. The Kier molecular flexibility index (Phi) is 4.68. The van der Waals surface area contributed by atoms with E-state index in [2.05, 4.69) is 52.9 Å². The lowest BCUT2D eigenvalue weighted by molar-refractivity contribution is 0.357. The van der Waals surface area contributed by atoms with E-state index < -0.39 is 0 Å². The summed E-state index contributed by atoms with van der Waals surface area (Å²) in [6.07, 6.45) is 2.29. The van der Waals surface area contributed by atoms with Gasteiger partial charge in [0.2, 0.25) is 0 Å². The van der Waals surface area contributed by atoms with E-state index in [0.717, 1.165) is 18.3 Å². The summed E-state index contributed by atoms with van der Waals surface area (Å²) < 4.78 is 1.19. The summed E-state index contributed by atoms with van der Waals surface area (Å²) in [7, 11) is 0. The van der Waals surface area contributed by atoms with Gasteiger partial charge in [-0.1, -0.05) is 35.8 Å². The molecule has 1 aliphatic heterocycles. The van der Waals surface area contributed by atoms with E-state index in [9.17, 15) is 0 Å². The molecule has 1 aromatic carbocycles. The zero-order chi connectivity index (χ0) is 13.1. The molecule has 0 amide bonds. The summed E-state index contributed by atoms with van der Waals surface area (Å²) in [5.74, 6) is 1.58. The van der Waals surface area contributed by atoms with Crippen molar-refractivity contribution in [2.45, 2.75) is 26.7 Å². The first kappa shape index (κ1) is 13.9. The van der Waals surface area contributed by atoms with Crippen LogP contribution in [-0.4, -0.2) is 19.6 Å². The van der Waals surface area contributed by atoms with E-state index in [1.807, 2.05) is 0 Å². The van der Waals surface area contributed by atoms with Crippen LogP contribution in [0.3, 0.4) is 0 Å². The maximum absolute atomic E-state index is 5.62. The van der Waals surface area contributed by atoms with Gasteiger partial charge in [-0.05, 0) is 48.9 Å². The molecule has 1 fully saturated rings. The minimum absolute atomic E-state index is 0.704. The number of halogens is 1.